The molecule has 5 rings (SSSR count). The molecule has 15 heteroatoms. The molecule has 3 atom stereocenters. The van der Waals surface area contributed by atoms with Crippen LogP contribution in [0, 0.1) is 0 Å². The maximum Gasteiger partial charge on any atom is 0.408 e. The van der Waals surface area contributed by atoms with Crippen LogP contribution in [0.5, 0.6) is 5.88 Å². The number of aromatic nitrogens is 3. The predicted octanol–water partition coefficient (Wildman–Crippen LogP) is 2.71. The van der Waals surface area contributed by atoms with E-state index < -0.39 is 29.9 Å². The van der Waals surface area contributed by atoms with Crippen molar-refractivity contribution in [1.29, 1.82) is 0 Å². The van der Waals surface area contributed by atoms with Gasteiger partial charge in [-0.15, -0.1) is 0 Å². The van der Waals surface area contributed by atoms with Crippen LogP contribution in [0.15, 0.2) is 24.4 Å². The zero-order valence-electron chi connectivity index (χ0n) is 21.5. The number of nitrogens with one attached hydrogen (secondary N) is 2. The Morgan fingerprint density at radius 2 is 2.05 bits per heavy atom. The van der Waals surface area contributed by atoms with E-state index in [9.17, 15) is 22.8 Å². The molecule has 2 fully saturated rings. The first kappa shape index (κ1) is 26.9. The molecule has 2 saturated heterocycles. The molecule has 0 saturated carbocycles. The van der Waals surface area contributed by atoms with Crippen molar-refractivity contribution in [3.8, 4) is 5.88 Å². The molecule has 3 aliphatic heterocycles. The highest BCUT2D eigenvalue weighted by Crippen LogP contribution is 2.39. The van der Waals surface area contributed by atoms with E-state index in [0.29, 0.717) is 31.8 Å². The molecule has 2 bridgehead atoms. The average Bonchev–Trinajstić information content (AvgIpc) is 3.45. The first-order valence-electron chi connectivity index (χ1n) is 12.4. The molecule has 210 valence electrons. The molecule has 3 amide bonds. The molecule has 0 radical (unpaired) electrons. The lowest BCUT2D eigenvalue weighted by Gasteiger charge is -2.35. The van der Waals surface area contributed by atoms with Gasteiger partial charge in [-0.3, -0.25) is 15.0 Å². The van der Waals surface area contributed by atoms with Crippen molar-refractivity contribution in [1.82, 2.24) is 20.3 Å². The van der Waals surface area contributed by atoms with E-state index in [0.717, 1.165) is 6.92 Å². The van der Waals surface area contributed by atoms with Gasteiger partial charge in [-0.1, -0.05) is 0 Å². The van der Waals surface area contributed by atoms with Gasteiger partial charge in [0, 0.05) is 25.4 Å². The summed E-state index contributed by atoms with van der Waals surface area (Å²) in [7, 11) is 0. The van der Waals surface area contributed by atoms with Crippen LogP contribution in [-0.2, 0) is 9.47 Å². The second-order valence-corrected chi connectivity index (χ2v) is 9.94. The number of amides is 3. The van der Waals surface area contributed by atoms with Crippen LogP contribution >= 0.6 is 0 Å². The van der Waals surface area contributed by atoms with E-state index in [-0.39, 0.29) is 42.1 Å². The fourth-order valence-electron chi connectivity index (χ4n) is 4.61. The quantitative estimate of drug-likeness (QED) is 0.556. The van der Waals surface area contributed by atoms with Crippen molar-refractivity contribution in [3.05, 3.63) is 30.1 Å². The van der Waals surface area contributed by atoms with Gasteiger partial charge in [0.15, 0.2) is 11.6 Å². The number of carbonyl (C=O) groups excluding carboxylic acids is 2. The van der Waals surface area contributed by atoms with Crippen molar-refractivity contribution in [2.45, 2.75) is 57.3 Å². The van der Waals surface area contributed by atoms with Gasteiger partial charge in [-0.25, -0.2) is 14.8 Å². The monoisotopic (exact) mass is 551 g/mol. The number of hydrogen-bond acceptors (Lipinski definition) is 9. The molecule has 2 aromatic rings. The third kappa shape index (κ3) is 5.83. The number of rotatable bonds is 6. The lowest BCUT2D eigenvalue weighted by atomic mass is 10.1. The summed E-state index contributed by atoms with van der Waals surface area (Å²) < 4.78 is 55.7. The smallest absolute Gasteiger partial charge is 0.408 e. The number of hydrogen-bond donors (Lipinski definition) is 2. The second-order valence-electron chi connectivity index (χ2n) is 9.94. The Kier molecular flexibility index (Phi) is 6.97. The number of fused-ring (bicyclic) bond motifs is 4. The molecule has 0 unspecified atom stereocenters. The molecule has 2 aromatic heterocycles. The molecular weight excluding hydrogens is 523 g/mol. The number of urea groups is 1. The van der Waals surface area contributed by atoms with Crippen LogP contribution in [0.4, 0.5) is 35.4 Å². The number of anilines is 3. The first-order valence-corrected chi connectivity index (χ1v) is 12.4. The highest BCUT2D eigenvalue weighted by Gasteiger charge is 2.42. The van der Waals surface area contributed by atoms with Crippen molar-refractivity contribution >= 4 is 29.4 Å². The van der Waals surface area contributed by atoms with Crippen molar-refractivity contribution in [3.63, 3.8) is 0 Å². The van der Waals surface area contributed by atoms with Gasteiger partial charge >= 0.3 is 12.2 Å². The lowest BCUT2D eigenvalue weighted by Crippen LogP contribution is -2.49. The molecule has 12 nitrogen and oxygen atoms in total. The van der Waals surface area contributed by atoms with Gasteiger partial charge in [0.2, 0.25) is 11.8 Å². The topological polar surface area (TPSA) is 131 Å². The molecule has 39 heavy (non-hydrogen) atoms. The van der Waals surface area contributed by atoms with E-state index in [4.69, 9.17) is 14.2 Å². The third-order valence-corrected chi connectivity index (χ3v) is 6.58. The lowest BCUT2D eigenvalue weighted by molar-refractivity contribution is -0.149. The Morgan fingerprint density at radius 1 is 1.26 bits per heavy atom. The third-order valence-electron chi connectivity index (χ3n) is 6.58. The first-order chi connectivity index (χ1) is 18.4. The molecule has 0 spiro atoms. The van der Waals surface area contributed by atoms with Gasteiger partial charge in [0.25, 0.3) is 5.91 Å². The van der Waals surface area contributed by atoms with Crippen LogP contribution in [-0.4, -0.2) is 83.3 Å². The summed E-state index contributed by atoms with van der Waals surface area (Å²) >= 11 is 0. The van der Waals surface area contributed by atoms with Crippen molar-refractivity contribution in [2.24, 2.45) is 0 Å². The summed E-state index contributed by atoms with van der Waals surface area (Å²) in [6, 6.07) is 1.54. The van der Waals surface area contributed by atoms with Crippen LogP contribution < -0.4 is 25.2 Å². The van der Waals surface area contributed by atoms with Crippen molar-refractivity contribution in [2.75, 3.05) is 41.4 Å². The number of ether oxygens (including phenoxy) is 3. The molecule has 0 aliphatic carbocycles. The summed E-state index contributed by atoms with van der Waals surface area (Å²) in [5.41, 5.74) is 0.358. The van der Waals surface area contributed by atoms with Gasteiger partial charge in [0.05, 0.1) is 18.3 Å². The van der Waals surface area contributed by atoms with Gasteiger partial charge in [-0.2, -0.15) is 18.2 Å². The Morgan fingerprint density at radius 3 is 2.77 bits per heavy atom. The summed E-state index contributed by atoms with van der Waals surface area (Å²) in [5.74, 6) is -1.32. The summed E-state index contributed by atoms with van der Waals surface area (Å²) in [6.07, 6.45) is -2.81. The highest BCUT2D eigenvalue weighted by molar-refractivity contribution is 6.04. The number of nitrogens with zero attached hydrogens (tertiary/aromatic N) is 5. The normalized spacial score (nSPS) is 22.3. The minimum atomic E-state index is -4.60. The second kappa shape index (κ2) is 10.1. The number of halogens is 3. The molecule has 3 aliphatic rings. The van der Waals surface area contributed by atoms with Gasteiger partial charge in [0.1, 0.15) is 24.4 Å². The van der Waals surface area contributed by atoms with Gasteiger partial charge < -0.3 is 24.4 Å². The van der Waals surface area contributed by atoms with E-state index in [1.54, 1.807) is 19.9 Å². The fourth-order valence-corrected chi connectivity index (χ4v) is 4.61. The zero-order chi connectivity index (χ0) is 27.9. The summed E-state index contributed by atoms with van der Waals surface area (Å²) in [4.78, 5) is 41.9. The van der Waals surface area contributed by atoms with Crippen molar-refractivity contribution < 1.29 is 37.0 Å². The van der Waals surface area contributed by atoms with Crippen LogP contribution in [0.2, 0.25) is 0 Å². The minimum absolute atomic E-state index is 0.0173. The Hall–Kier alpha value is -3.72. The predicted molar refractivity (Wildman–Crippen MR) is 132 cm³/mol. The van der Waals surface area contributed by atoms with E-state index in [1.165, 1.54) is 23.2 Å². The molecular formula is C24H28F3N7O5. The Balaban J connectivity index is 1.31. The maximum atomic E-state index is 13.4. The number of pyridine rings is 1. The standard InChI is InChI=1S/C24H28F3N7O5/c1-13(24(25,26)27)29-20(35)16-4-5-17-19(30-16)34(14-7-9-33(17)10-14)22(36)32-21-28-8-6-18(31-21)37-11-15-12-38-23(2,3)39-15/h4-6,8,13-15H,7,9-12H2,1-3H3,(H,29,35)(H,28,31,32,36)/t13-,14+,15-/m1/s1. The largest absolute Gasteiger partial charge is 0.475 e. The Bertz CT molecular complexity index is 1260. The molecule has 0 aromatic carbocycles. The minimum Gasteiger partial charge on any atom is -0.475 e. The average molecular weight is 552 g/mol. The highest BCUT2D eigenvalue weighted by atomic mass is 19.4. The van der Waals surface area contributed by atoms with Crippen LogP contribution in [0.25, 0.3) is 0 Å². The van der Waals surface area contributed by atoms with E-state index in [2.05, 4.69) is 20.3 Å². The zero-order valence-corrected chi connectivity index (χ0v) is 21.5. The Labute approximate surface area is 221 Å². The van der Waals surface area contributed by atoms with Gasteiger partial charge in [-0.05, 0) is 39.3 Å². The number of carbonyl (C=O) groups is 2. The summed E-state index contributed by atoms with van der Waals surface area (Å²) in [5, 5.41) is 4.54. The van der Waals surface area contributed by atoms with E-state index in [1.807, 2.05) is 10.2 Å². The maximum absolute atomic E-state index is 13.4. The fraction of sp³-hybridized carbons (Fsp3) is 0.542. The molecule has 2 N–H and O–H groups in total. The van der Waals surface area contributed by atoms with Crippen LogP contribution in [0.1, 0.15) is 37.7 Å². The SMILES string of the molecule is C[C@@H](NC(=O)c1ccc2c(n1)N(C(=O)Nc1nccc(OC[C@@H]3COC(C)(C)O3)n1)[C@H]1CCN2C1)C(F)(F)F. The summed E-state index contributed by atoms with van der Waals surface area (Å²) in [6.45, 7) is 6.21. The molecule has 5 heterocycles. The number of alkyl halides is 3. The van der Waals surface area contributed by atoms with Crippen LogP contribution in [0.3, 0.4) is 0 Å². The van der Waals surface area contributed by atoms with E-state index >= 15 is 0 Å².